The van der Waals surface area contributed by atoms with Gasteiger partial charge in [-0.15, -0.1) is 0 Å². The van der Waals surface area contributed by atoms with Gasteiger partial charge in [0.05, 0.1) is 24.0 Å². The fourth-order valence-electron chi connectivity index (χ4n) is 3.25. The van der Waals surface area contributed by atoms with E-state index in [1.165, 1.54) is 11.3 Å². The van der Waals surface area contributed by atoms with Gasteiger partial charge in [0, 0.05) is 30.2 Å². The van der Waals surface area contributed by atoms with E-state index in [0.29, 0.717) is 10.0 Å². The molecule has 1 aromatic heterocycles. The molecule has 1 unspecified atom stereocenters. The molecule has 2 aromatic carbocycles. The number of ether oxygens (including phenoxy) is 1. The molecule has 0 radical (unpaired) electrons. The number of anilines is 4. The highest BCUT2D eigenvalue weighted by atomic mass is 32.1. The van der Waals surface area contributed by atoms with Gasteiger partial charge < -0.3 is 25.4 Å². The van der Waals surface area contributed by atoms with E-state index in [1.807, 2.05) is 42.5 Å². The minimum absolute atomic E-state index is 0.122. The molecule has 4 rings (SSSR count). The molecule has 2 heterocycles. The predicted octanol–water partition coefficient (Wildman–Crippen LogP) is 4.17. The van der Waals surface area contributed by atoms with E-state index >= 15 is 0 Å². The Morgan fingerprint density at radius 1 is 1.10 bits per heavy atom. The summed E-state index contributed by atoms with van der Waals surface area (Å²) >= 11 is 1.27. The van der Waals surface area contributed by atoms with Crippen LogP contribution in [-0.2, 0) is 9.53 Å². The molecular weight excluding hydrogens is 400 g/mol. The van der Waals surface area contributed by atoms with Gasteiger partial charge in [0.15, 0.2) is 5.13 Å². The Labute approximate surface area is 179 Å². The van der Waals surface area contributed by atoms with Crippen LogP contribution in [0.15, 0.2) is 54.6 Å². The minimum atomic E-state index is -0.526. The van der Waals surface area contributed by atoms with Crippen LogP contribution < -0.4 is 15.5 Å². The number of aromatic nitrogens is 1. The highest BCUT2D eigenvalue weighted by molar-refractivity contribution is 7.16. The Balaban J connectivity index is 1.41. The number of morpholine rings is 1. The zero-order chi connectivity index (χ0) is 20.9. The van der Waals surface area contributed by atoms with Crippen molar-refractivity contribution in [2.24, 2.45) is 0 Å². The van der Waals surface area contributed by atoms with E-state index < -0.39 is 5.92 Å². The summed E-state index contributed by atoms with van der Waals surface area (Å²) in [4.78, 5) is 19.5. The number of carbonyl (C=O) groups is 1. The molecule has 1 aliphatic heterocycles. The molecule has 0 aliphatic carbocycles. The van der Waals surface area contributed by atoms with Gasteiger partial charge in [0.2, 0.25) is 11.8 Å². The summed E-state index contributed by atoms with van der Waals surface area (Å²) < 4.78 is 5.39. The quantitative estimate of drug-likeness (QED) is 0.551. The molecule has 0 bridgehead atoms. The third-order valence-corrected chi connectivity index (χ3v) is 6.10. The number of hydrogen-bond donors (Lipinski definition) is 3. The number of nitrogens with one attached hydrogen (secondary N) is 2. The average molecular weight is 425 g/mol. The fourth-order valence-corrected chi connectivity index (χ4v) is 4.18. The maximum absolute atomic E-state index is 12.5. The van der Waals surface area contributed by atoms with Crippen molar-refractivity contribution in [3.63, 3.8) is 0 Å². The van der Waals surface area contributed by atoms with E-state index in [2.05, 4.69) is 32.7 Å². The van der Waals surface area contributed by atoms with Gasteiger partial charge in [-0.05, 0) is 43.3 Å². The third-order valence-electron chi connectivity index (χ3n) is 4.96. The molecular formula is C22H24N4O3S. The normalized spacial score (nSPS) is 14.9. The van der Waals surface area contributed by atoms with Crippen LogP contribution in [0.2, 0.25) is 0 Å². The van der Waals surface area contributed by atoms with Crippen molar-refractivity contribution < 1.29 is 14.6 Å². The number of rotatable bonds is 6. The summed E-state index contributed by atoms with van der Waals surface area (Å²) in [6.07, 6.45) is 0. The first-order valence-corrected chi connectivity index (χ1v) is 10.7. The highest BCUT2D eigenvalue weighted by Crippen LogP contribution is 2.36. The molecule has 1 fully saturated rings. The lowest BCUT2D eigenvalue weighted by Crippen LogP contribution is -2.36. The van der Waals surface area contributed by atoms with Crippen molar-refractivity contribution in [3.05, 3.63) is 59.5 Å². The van der Waals surface area contributed by atoms with E-state index in [0.717, 1.165) is 43.4 Å². The van der Waals surface area contributed by atoms with Crippen molar-refractivity contribution >= 4 is 39.4 Å². The number of carbonyl (C=O) groups excluding carboxylic acids is 1. The molecule has 1 amide bonds. The molecule has 1 saturated heterocycles. The number of aromatic hydroxyl groups is 1. The lowest BCUT2D eigenvalue weighted by atomic mass is 10.1. The molecule has 3 N–H and O–H groups in total. The molecule has 3 aromatic rings. The monoisotopic (exact) mass is 424 g/mol. The molecule has 8 heteroatoms. The topological polar surface area (TPSA) is 86.7 Å². The Hall–Kier alpha value is -3.10. The van der Waals surface area contributed by atoms with Crippen LogP contribution in [0.3, 0.4) is 0 Å². The number of nitrogens with zero attached hydrogens (tertiary/aromatic N) is 2. The number of thiazole rings is 1. The second-order valence-corrected chi connectivity index (χ2v) is 8.09. The van der Waals surface area contributed by atoms with Crippen LogP contribution in [-0.4, -0.2) is 42.3 Å². The summed E-state index contributed by atoms with van der Waals surface area (Å²) in [5, 5.41) is 16.9. The standard InChI is InChI=1S/C22H24N4O3S/c1-15(20(27)23-16-5-3-2-4-6-16)19-21(28)25-22(30-19)24-17-7-9-18(10-8-17)26-11-13-29-14-12-26/h2-10,15,28H,11-14H2,1H3,(H,23,27)(H,24,25). The third kappa shape index (κ3) is 4.72. The summed E-state index contributed by atoms with van der Waals surface area (Å²) in [7, 11) is 0. The molecule has 7 nitrogen and oxygen atoms in total. The zero-order valence-corrected chi connectivity index (χ0v) is 17.5. The zero-order valence-electron chi connectivity index (χ0n) is 16.7. The van der Waals surface area contributed by atoms with Crippen LogP contribution in [0.1, 0.15) is 17.7 Å². The number of para-hydroxylation sites is 1. The number of amides is 1. The second kappa shape index (κ2) is 9.15. The van der Waals surface area contributed by atoms with Crippen molar-refractivity contribution in [1.82, 2.24) is 4.98 Å². The first-order valence-electron chi connectivity index (χ1n) is 9.85. The Morgan fingerprint density at radius 2 is 1.80 bits per heavy atom. The second-order valence-electron chi connectivity index (χ2n) is 7.06. The smallest absolute Gasteiger partial charge is 0.232 e. The van der Waals surface area contributed by atoms with Gasteiger partial charge >= 0.3 is 0 Å². The largest absolute Gasteiger partial charge is 0.492 e. The summed E-state index contributed by atoms with van der Waals surface area (Å²) in [6, 6.07) is 17.3. The van der Waals surface area contributed by atoms with E-state index in [-0.39, 0.29) is 11.8 Å². The average Bonchev–Trinajstić information content (AvgIpc) is 3.15. The molecule has 0 spiro atoms. The highest BCUT2D eigenvalue weighted by Gasteiger charge is 2.23. The minimum Gasteiger partial charge on any atom is -0.492 e. The van der Waals surface area contributed by atoms with Crippen LogP contribution in [0.25, 0.3) is 0 Å². The molecule has 1 atom stereocenters. The molecule has 0 saturated carbocycles. The van der Waals surface area contributed by atoms with E-state index in [9.17, 15) is 9.90 Å². The predicted molar refractivity (Wildman–Crippen MR) is 120 cm³/mol. The van der Waals surface area contributed by atoms with Gasteiger partial charge in [0.1, 0.15) is 0 Å². The van der Waals surface area contributed by atoms with Gasteiger partial charge in [-0.3, -0.25) is 4.79 Å². The van der Waals surface area contributed by atoms with Crippen molar-refractivity contribution in [2.45, 2.75) is 12.8 Å². The number of benzene rings is 2. The van der Waals surface area contributed by atoms with Crippen LogP contribution in [0.5, 0.6) is 5.88 Å². The molecule has 156 valence electrons. The Bertz CT molecular complexity index is 985. The lowest BCUT2D eigenvalue weighted by molar-refractivity contribution is -0.117. The van der Waals surface area contributed by atoms with Crippen molar-refractivity contribution in [1.29, 1.82) is 0 Å². The van der Waals surface area contributed by atoms with Gasteiger partial charge in [-0.2, -0.15) is 4.98 Å². The van der Waals surface area contributed by atoms with Crippen molar-refractivity contribution in [2.75, 3.05) is 41.8 Å². The van der Waals surface area contributed by atoms with E-state index in [1.54, 1.807) is 6.92 Å². The van der Waals surface area contributed by atoms with E-state index in [4.69, 9.17) is 4.74 Å². The SMILES string of the molecule is CC(C(=O)Nc1ccccc1)c1sc(Nc2ccc(N3CCOCC3)cc2)nc1O. The maximum Gasteiger partial charge on any atom is 0.232 e. The maximum atomic E-state index is 12.5. The number of hydrogen-bond acceptors (Lipinski definition) is 7. The van der Waals surface area contributed by atoms with Crippen LogP contribution in [0, 0.1) is 0 Å². The lowest BCUT2D eigenvalue weighted by Gasteiger charge is -2.28. The first-order chi connectivity index (χ1) is 14.6. The fraction of sp³-hybridized carbons (Fsp3) is 0.273. The van der Waals surface area contributed by atoms with Gasteiger partial charge in [-0.25, -0.2) is 0 Å². The molecule has 1 aliphatic rings. The summed E-state index contributed by atoms with van der Waals surface area (Å²) in [5.41, 5.74) is 2.74. The van der Waals surface area contributed by atoms with Crippen LogP contribution in [0.4, 0.5) is 22.2 Å². The Morgan fingerprint density at radius 3 is 2.50 bits per heavy atom. The van der Waals surface area contributed by atoms with Gasteiger partial charge in [-0.1, -0.05) is 29.5 Å². The first kappa shape index (κ1) is 20.2. The summed E-state index contributed by atoms with van der Waals surface area (Å²) in [5.74, 6) is -0.841. The summed E-state index contributed by atoms with van der Waals surface area (Å²) in [6.45, 7) is 5.03. The van der Waals surface area contributed by atoms with Gasteiger partial charge in [0.25, 0.3) is 0 Å². The van der Waals surface area contributed by atoms with Crippen LogP contribution >= 0.6 is 11.3 Å². The Kier molecular flexibility index (Phi) is 6.15. The molecule has 30 heavy (non-hydrogen) atoms. The van der Waals surface area contributed by atoms with Crippen molar-refractivity contribution in [3.8, 4) is 5.88 Å².